The highest BCUT2D eigenvalue weighted by atomic mass is 19.1. The van der Waals surface area contributed by atoms with Gasteiger partial charge in [-0.15, -0.1) is 0 Å². The van der Waals surface area contributed by atoms with E-state index in [1.165, 1.54) is 23.1 Å². The molecule has 6 nitrogen and oxygen atoms in total. The van der Waals surface area contributed by atoms with E-state index in [0.717, 1.165) is 17.5 Å². The molecule has 190 valence electrons. The summed E-state index contributed by atoms with van der Waals surface area (Å²) in [4.78, 5) is 31.8. The molecular formula is C30H31FN4O2. The van der Waals surface area contributed by atoms with Crippen LogP contribution < -0.4 is 10.6 Å². The van der Waals surface area contributed by atoms with Crippen molar-refractivity contribution in [1.82, 2.24) is 15.2 Å². The molecular weight excluding hydrogens is 467 g/mol. The smallest absolute Gasteiger partial charge is 0.228 e. The number of halogens is 1. The first-order valence-electron chi connectivity index (χ1n) is 12.7. The Bertz CT molecular complexity index is 1350. The van der Waals surface area contributed by atoms with Gasteiger partial charge < -0.3 is 15.6 Å². The van der Waals surface area contributed by atoms with Crippen LogP contribution in [0.25, 0.3) is 10.9 Å². The fourth-order valence-corrected chi connectivity index (χ4v) is 5.12. The molecule has 0 unspecified atom stereocenters. The van der Waals surface area contributed by atoms with Crippen LogP contribution in [0, 0.1) is 17.7 Å². The number of carbonyl (C=O) groups is 2. The summed E-state index contributed by atoms with van der Waals surface area (Å²) in [7, 11) is 0. The van der Waals surface area contributed by atoms with E-state index < -0.39 is 0 Å². The van der Waals surface area contributed by atoms with Crippen LogP contribution in [0.5, 0.6) is 0 Å². The Hall–Kier alpha value is -3.97. The molecule has 0 spiro atoms. The number of likely N-dealkylation sites (tertiary alicyclic amines) is 1. The molecule has 5 rings (SSSR count). The number of fused-ring (bicyclic) bond motifs is 1. The predicted molar refractivity (Wildman–Crippen MR) is 143 cm³/mol. The monoisotopic (exact) mass is 498 g/mol. The Labute approximate surface area is 215 Å². The van der Waals surface area contributed by atoms with Crippen molar-refractivity contribution in [2.24, 2.45) is 11.8 Å². The second-order valence-electron chi connectivity index (χ2n) is 9.71. The van der Waals surface area contributed by atoms with E-state index in [1.807, 2.05) is 42.6 Å². The summed E-state index contributed by atoms with van der Waals surface area (Å²) in [6, 6.07) is 23.9. The SMILES string of the molecule is O=C(NCCc1c[nH]c2ccccc12)[C@H]1C[C@@H](C(=O)Nc2ccc(F)cc2)CN(Cc2ccccc2)C1. The second kappa shape index (κ2) is 11.4. The van der Waals surface area contributed by atoms with Gasteiger partial charge in [0.25, 0.3) is 0 Å². The van der Waals surface area contributed by atoms with Gasteiger partial charge in [-0.1, -0.05) is 48.5 Å². The van der Waals surface area contributed by atoms with E-state index in [4.69, 9.17) is 0 Å². The van der Waals surface area contributed by atoms with Crippen molar-refractivity contribution in [2.75, 3.05) is 25.0 Å². The van der Waals surface area contributed by atoms with E-state index in [-0.39, 0.29) is 29.5 Å². The number of nitrogens with zero attached hydrogens (tertiary/aromatic N) is 1. The van der Waals surface area contributed by atoms with E-state index in [1.54, 1.807) is 12.1 Å². The largest absolute Gasteiger partial charge is 0.361 e. The lowest BCUT2D eigenvalue weighted by Gasteiger charge is -2.36. The van der Waals surface area contributed by atoms with Gasteiger partial charge in [0.1, 0.15) is 5.82 Å². The number of nitrogens with one attached hydrogen (secondary N) is 3. The third-order valence-electron chi connectivity index (χ3n) is 7.00. The third kappa shape index (κ3) is 6.24. The van der Waals surface area contributed by atoms with Gasteiger partial charge in [0.2, 0.25) is 11.8 Å². The number of aromatic amines is 1. The lowest BCUT2D eigenvalue weighted by molar-refractivity contribution is -0.130. The molecule has 0 radical (unpaired) electrons. The molecule has 3 aromatic carbocycles. The van der Waals surface area contributed by atoms with E-state index in [2.05, 4.69) is 38.7 Å². The Balaban J connectivity index is 1.24. The number of hydrogen-bond acceptors (Lipinski definition) is 3. The predicted octanol–water partition coefficient (Wildman–Crippen LogP) is 4.74. The number of aromatic nitrogens is 1. The average molecular weight is 499 g/mol. The molecule has 0 bridgehead atoms. The van der Waals surface area contributed by atoms with Crippen molar-refractivity contribution >= 4 is 28.4 Å². The van der Waals surface area contributed by atoms with Gasteiger partial charge in [0, 0.05) is 49.0 Å². The highest BCUT2D eigenvalue weighted by Crippen LogP contribution is 2.26. The van der Waals surface area contributed by atoms with Crippen molar-refractivity contribution in [3.63, 3.8) is 0 Å². The minimum Gasteiger partial charge on any atom is -0.361 e. The summed E-state index contributed by atoms with van der Waals surface area (Å²) < 4.78 is 13.3. The topological polar surface area (TPSA) is 77.2 Å². The van der Waals surface area contributed by atoms with Crippen LogP contribution in [-0.4, -0.2) is 41.3 Å². The second-order valence-corrected chi connectivity index (χ2v) is 9.71. The van der Waals surface area contributed by atoms with Gasteiger partial charge in [-0.3, -0.25) is 14.5 Å². The van der Waals surface area contributed by atoms with Crippen molar-refractivity contribution in [2.45, 2.75) is 19.4 Å². The minimum absolute atomic E-state index is 0.0304. The highest BCUT2D eigenvalue weighted by Gasteiger charge is 2.35. The molecule has 1 saturated heterocycles. The fourth-order valence-electron chi connectivity index (χ4n) is 5.12. The first kappa shape index (κ1) is 24.7. The van der Waals surface area contributed by atoms with Crippen LogP contribution in [0.4, 0.5) is 10.1 Å². The van der Waals surface area contributed by atoms with Crippen molar-refractivity contribution < 1.29 is 14.0 Å². The van der Waals surface area contributed by atoms with Crippen LogP contribution in [-0.2, 0) is 22.6 Å². The zero-order chi connectivity index (χ0) is 25.6. The van der Waals surface area contributed by atoms with E-state index in [9.17, 15) is 14.0 Å². The van der Waals surface area contributed by atoms with Crippen molar-refractivity contribution in [1.29, 1.82) is 0 Å². The zero-order valence-corrected chi connectivity index (χ0v) is 20.6. The number of para-hydroxylation sites is 1. The van der Waals surface area contributed by atoms with Crippen LogP contribution in [0.2, 0.25) is 0 Å². The average Bonchev–Trinajstić information content (AvgIpc) is 3.33. The maximum absolute atomic E-state index is 13.3. The summed E-state index contributed by atoms with van der Waals surface area (Å²) in [5.41, 5.74) is 3.94. The zero-order valence-electron chi connectivity index (χ0n) is 20.6. The number of benzene rings is 3. The van der Waals surface area contributed by atoms with Gasteiger partial charge in [-0.05, 0) is 54.3 Å². The number of rotatable bonds is 8. The fraction of sp³-hybridized carbons (Fsp3) is 0.267. The van der Waals surface area contributed by atoms with Gasteiger partial charge >= 0.3 is 0 Å². The number of amides is 2. The van der Waals surface area contributed by atoms with Crippen LogP contribution >= 0.6 is 0 Å². The molecule has 4 aromatic rings. The van der Waals surface area contributed by atoms with E-state index >= 15 is 0 Å². The van der Waals surface area contributed by atoms with Gasteiger partial charge in [0.05, 0.1) is 11.8 Å². The number of piperidine rings is 1. The van der Waals surface area contributed by atoms with Gasteiger partial charge in [-0.2, -0.15) is 0 Å². The third-order valence-corrected chi connectivity index (χ3v) is 7.00. The van der Waals surface area contributed by atoms with Crippen molar-refractivity contribution in [3.8, 4) is 0 Å². The molecule has 1 aromatic heterocycles. The van der Waals surface area contributed by atoms with Gasteiger partial charge in [0.15, 0.2) is 0 Å². The summed E-state index contributed by atoms with van der Waals surface area (Å²) in [6.45, 7) is 2.35. The molecule has 2 heterocycles. The van der Waals surface area contributed by atoms with Gasteiger partial charge in [-0.25, -0.2) is 4.39 Å². The molecule has 1 aliphatic heterocycles. The molecule has 2 amide bonds. The summed E-state index contributed by atoms with van der Waals surface area (Å²) in [5.74, 6) is -1.19. The molecule has 3 N–H and O–H groups in total. The molecule has 1 aliphatic rings. The Morgan fingerprint density at radius 1 is 0.892 bits per heavy atom. The number of H-pyrrole nitrogens is 1. The standard InChI is InChI=1S/C30H31FN4O2/c31-25-10-12-26(13-11-25)34-30(37)24-16-23(19-35(20-24)18-21-6-2-1-3-7-21)29(36)32-15-14-22-17-33-28-9-5-4-8-27(22)28/h1-13,17,23-24,33H,14-16,18-20H2,(H,32,36)(H,34,37)/t23-,24+/m0/s1. The maximum Gasteiger partial charge on any atom is 0.228 e. The lowest BCUT2D eigenvalue weighted by atomic mass is 9.87. The van der Waals surface area contributed by atoms with Crippen molar-refractivity contribution in [3.05, 3.63) is 102 Å². The number of hydrogen-bond donors (Lipinski definition) is 3. The lowest BCUT2D eigenvalue weighted by Crippen LogP contribution is -2.49. The quantitative estimate of drug-likeness (QED) is 0.328. The normalized spacial score (nSPS) is 18.0. The summed E-state index contributed by atoms with van der Waals surface area (Å²) in [6.07, 6.45) is 3.19. The summed E-state index contributed by atoms with van der Waals surface area (Å²) in [5, 5.41) is 7.16. The molecule has 7 heteroatoms. The Kier molecular flexibility index (Phi) is 7.61. The van der Waals surface area contributed by atoms with Crippen LogP contribution in [0.1, 0.15) is 17.5 Å². The molecule has 0 aliphatic carbocycles. The van der Waals surface area contributed by atoms with Crippen LogP contribution in [0.3, 0.4) is 0 Å². The Morgan fingerprint density at radius 2 is 1.59 bits per heavy atom. The Morgan fingerprint density at radius 3 is 2.38 bits per heavy atom. The highest BCUT2D eigenvalue weighted by molar-refractivity contribution is 5.93. The first-order chi connectivity index (χ1) is 18.0. The van der Waals surface area contributed by atoms with E-state index in [0.29, 0.717) is 38.3 Å². The first-order valence-corrected chi connectivity index (χ1v) is 12.7. The number of carbonyl (C=O) groups excluding carboxylic acids is 2. The summed E-state index contributed by atoms with van der Waals surface area (Å²) >= 11 is 0. The number of anilines is 1. The molecule has 37 heavy (non-hydrogen) atoms. The minimum atomic E-state index is -0.355. The van der Waals surface area contributed by atoms with Crippen LogP contribution in [0.15, 0.2) is 85.1 Å². The molecule has 1 fully saturated rings. The molecule has 0 saturated carbocycles. The molecule has 2 atom stereocenters. The maximum atomic E-state index is 13.3.